The Labute approximate surface area is 116 Å². The second-order valence-electron chi connectivity index (χ2n) is 2.83. The monoisotopic (exact) mass is 318 g/mol. The average molecular weight is 317 g/mol. The van der Waals surface area contributed by atoms with Crippen molar-refractivity contribution < 1.29 is 0 Å². The molecule has 0 aliphatic rings. The van der Waals surface area contributed by atoms with E-state index in [4.69, 9.17) is 0 Å². The molecule has 0 bridgehead atoms. The van der Waals surface area contributed by atoms with Crippen LogP contribution < -0.4 is 0 Å². The van der Waals surface area contributed by atoms with E-state index in [9.17, 15) is 0 Å². The standard InChI is InChI=1S/C8H12.3C2H6.Sn/c1-5-6-7-8(2,3)4;3*1-2;/h7H,1H2,2-4H3;3*1-2H3;. The van der Waals surface area contributed by atoms with Crippen molar-refractivity contribution in [3.63, 3.8) is 0 Å². The predicted octanol–water partition coefficient (Wildman–Crippen LogP) is 5.23. The number of hydrogen-bond donors (Lipinski definition) is 0. The SMILES string of the molecule is C=C=C=CC(C)(C)C.CC.CC.CC.[Sn]. The molecule has 0 saturated carbocycles. The van der Waals surface area contributed by atoms with Crippen LogP contribution in [0.5, 0.6) is 0 Å². The van der Waals surface area contributed by atoms with Crippen molar-refractivity contribution in [1.29, 1.82) is 0 Å². The minimum Gasteiger partial charge on any atom is -0.0785 e. The van der Waals surface area contributed by atoms with Crippen LogP contribution in [0.25, 0.3) is 0 Å². The summed E-state index contributed by atoms with van der Waals surface area (Å²) in [5.41, 5.74) is 5.58. The molecular formula is C14H30Sn. The van der Waals surface area contributed by atoms with Gasteiger partial charge < -0.3 is 0 Å². The van der Waals surface area contributed by atoms with Gasteiger partial charge in [-0.2, -0.15) is 0 Å². The van der Waals surface area contributed by atoms with Gasteiger partial charge in [0, 0.05) is 23.9 Å². The topological polar surface area (TPSA) is 0 Å². The summed E-state index contributed by atoms with van der Waals surface area (Å²) < 4.78 is 0. The molecule has 0 atom stereocenters. The molecule has 0 aliphatic heterocycles. The Morgan fingerprint density at radius 3 is 1.20 bits per heavy atom. The van der Waals surface area contributed by atoms with E-state index < -0.39 is 0 Å². The molecule has 15 heavy (non-hydrogen) atoms. The fraction of sp³-hybridized carbons (Fsp3) is 0.714. The summed E-state index contributed by atoms with van der Waals surface area (Å²) in [6.07, 6.45) is 1.94. The first-order valence-electron chi connectivity index (χ1n) is 5.68. The van der Waals surface area contributed by atoms with Crippen LogP contribution in [0.1, 0.15) is 62.3 Å². The van der Waals surface area contributed by atoms with Crippen molar-refractivity contribution in [2.24, 2.45) is 5.41 Å². The molecule has 0 spiro atoms. The maximum absolute atomic E-state index is 3.40. The van der Waals surface area contributed by atoms with Gasteiger partial charge in [-0.15, -0.1) is 0 Å². The van der Waals surface area contributed by atoms with Crippen molar-refractivity contribution in [3.8, 4) is 0 Å². The molecule has 90 valence electrons. The summed E-state index contributed by atoms with van der Waals surface area (Å²) in [4.78, 5) is 0. The maximum Gasteiger partial charge on any atom is 0 e. The fourth-order valence-electron chi connectivity index (χ4n) is 0.268. The van der Waals surface area contributed by atoms with Crippen molar-refractivity contribution >= 4 is 23.9 Å². The molecule has 0 saturated heterocycles. The summed E-state index contributed by atoms with van der Waals surface area (Å²) in [6, 6.07) is 0. The van der Waals surface area contributed by atoms with Crippen LogP contribution in [-0.2, 0) is 0 Å². The van der Waals surface area contributed by atoms with Crippen LogP contribution in [0.4, 0.5) is 0 Å². The Balaban J connectivity index is -0.0000000410. The second kappa shape index (κ2) is 29.2. The Kier molecular flexibility index (Phi) is 57.3. The molecule has 0 N–H and O–H groups in total. The van der Waals surface area contributed by atoms with Crippen LogP contribution in [0.2, 0.25) is 0 Å². The van der Waals surface area contributed by atoms with Gasteiger partial charge in [0.1, 0.15) is 0 Å². The van der Waals surface area contributed by atoms with Crippen LogP contribution in [0.15, 0.2) is 24.1 Å². The number of rotatable bonds is 0. The van der Waals surface area contributed by atoms with Crippen LogP contribution in [0.3, 0.4) is 0 Å². The van der Waals surface area contributed by atoms with Crippen molar-refractivity contribution in [3.05, 3.63) is 24.1 Å². The molecule has 0 aromatic rings. The van der Waals surface area contributed by atoms with Crippen LogP contribution >= 0.6 is 0 Å². The third-order valence-electron chi connectivity index (χ3n) is 0.607. The fourth-order valence-corrected chi connectivity index (χ4v) is 0.268. The predicted molar refractivity (Wildman–Crippen MR) is 76.5 cm³/mol. The molecule has 0 aliphatic carbocycles. The van der Waals surface area contributed by atoms with Crippen LogP contribution in [0, 0.1) is 5.41 Å². The van der Waals surface area contributed by atoms with Gasteiger partial charge in [0.05, 0.1) is 0 Å². The quantitative estimate of drug-likeness (QED) is 0.424. The van der Waals surface area contributed by atoms with Crippen LogP contribution in [-0.4, -0.2) is 23.9 Å². The van der Waals surface area contributed by atoms with Gasteiger partial charge in [-0.1, -0.05) is 73.8 Å². The molecule has 0 unspecified atom stereocenters. The Morgan fingerprint density at radius 2 is 1.13 bits per heavy atom. The molecule has 0 nitrogen and oxygen atoms in total. The minimum atomic E-state index is 0. The summed E-state index contributed by atoms with van der Waals surface area (Å²) in [6.45, 7) is 21.7. The molecular weight excluding hydrogens is 287 g/mol. The van der Waals surface area contributed by atoms with E-state index in [1.165, 1.54) is 0 Å². The first-order chi connectivity index (χ1) is 6.56. The normalized spacial score (nSPS) is 6.20. The van der Waals surface area contributed by atoms with E-state index in [2.05, 4.69) is 38.8 Å². The van der Waals surface area contributed by atoms with Gasteiger partial charge in [0.25, 0.3) is 0 Å². The molecule has 1 heteroatoms. The van der Waals surface area contributed by atoms with Gasteiger partial charge in [0.2, 0.25) is 0 Å². The van der Waals surface area contributed by atoms with Gasteiger partial charge >= 0.3 is 0 Å². The zero-order valence-corrected chi connectivity index (χ0v) is 15.1. The third-order valence-corrected chi connectivity index (χ3v) is 0.607. The van der Waals surface area contributed by atoms with E-state index in [1.54, 1.807) is 0 Å². The van der Waals surface area contributed by atoms with Gasteiger partial charge in [0.15, 0.2) is 0 Å². The van der Waals surface area contributed by atoms with Crippen molar-refractivity contribution in [2.75, 3.05) is 0 Å². The maximum atomic E-state index is 3.40. The van der Waals surface area contributed by atoms with Gasteiger partial charge in [-0.05, 0) is 18.1 Å². The van der Waals surface area contributed by atoms with E-state index in [1.807, 2.05) is 47.6 Å². The number of allylic oxidation sites excluding steroid dienone is 1. The summed E-state index contributed by atoms with van der Waals surface area (Å²) in [5.74, 6) is 0. The van der Waals surface area contributed by atoms with Gasteiger partial charge in [-0.25, -0.2) is 0 Å². The Morgan fingerprint density at radius 1 is 0.867 bits per heavy atom. The molecule has 0 aromatic heterocycles. The van der Waals surface area contributed by atoms with Gasteiger partial charge in [-0.3, -0.25) is 0 Å². The van der Waals surface area contributed by atoms with E-state index in [0.29, 0.717) is 0 Å². The summed E-state index contributed by atoms with van der Waals surface area (Å²) in [5, 5.41) is 0. The summed E-state index contributed by atoms with van der Waals surface area (Å²) in [7, 11) is 0. The van der Waals surface area contributed by atoms with Crippen molar-refractivity contribution in [2.45, 2.75) is 62.3 Å². The molecule has 0 aromatic carbocycles. The number of hydrogen-bond acceptors (Lipinski definition) is 0. The second-order valence-corrected chi connectivity index (χ2v) is 2.83. The first-order valence-corrected chi connectivity index (χ1v) is 5.68. The Hall–Kier alpha value is 0.0987. The van der Waals surface area contributed by atoms with E-state index in [0.717, 1.165) is 0 Å². The smallest absolute Gasteiger partial charge is 0 e. The zero-order chi connectivity index (χ0) is 12.6. The largest absolute Gasteiger partial charge is 0.0785 e. The third kappa shape index (κ3) is 79.4. The van der Waals surface area contributed by atoms with E-state index in [-0.39, 0.29) is 29.3 Å². The van der Waals surface area contributed by atoms with E-state index >= 15 is 0 Å². The molecule has 0 amide bonds. The molecule has 4 radical (unpaired) electrons. The van der Waals surface area contributed by atoms with Crippen molar-refractivity contribution in [1.82, 2.24) is 0 Å². The zero-order valence-electron chi connectivity index (χ0n) is 12.3. The first kappa shape index (κ1) is 29.4. The Bertz CT molecular complexity index is 139. The molecule has 0 rings (SSSR count). The minimum absolute atomic E-state index is 0. The average Bonchev–Trinajstić information content (AvgIpc) is 2.23. The molecule has 0 heterocycles. The molecule has 0 fully saturated rings. The summed E-state index contributed by atoms with van der Waals surface area (Å²) >= 11 is 0.